The normalized spacial score (nSPS) is 14.7. The van der Waals surface area contributed by atoms with Gasteiger partial charge in [0.15, 0.2) is 0 Å². The Hall–Kier alpha value is -3.67. The topological polar surface area (TPSA) is 71.5 Å². The molecule has 6 nitrogen and oxygen atoms in total. The summed E-state index contributed by atoms with van der Waals surface area (Å²) in [7, 11) is 0. The van der Waals surface area contributed by atoms with E-state index in [9.17, 15) is 9.59 Å². The second kappa shape index (κ2) is 11.5. The lowest BCUT2D eigenvalue weighted by atomic mass is 9.94. The average Bonchev–Trinajstić information content (AvgIpc) is 2.89. The second-order valence-electron chi connectivity index (χ2n) is 8.47. The first-order valence-corrected chi connectivity index (χ1v) is 12.0. The van der Waals surface area contributed by atoms with Gasteiger partial charge in [0.2, 0.25) is 5.91 Å². The molecule has 1 aromatic heterocycles. The highest BCUT2D eigenvalue weighted by Gasteiger charge is 2.35. The van der Waals surface area contributed by atoms with Crippen LogP contribution < -0.4 is 15.0 Å². The van der Waals surface area contributed by atoms with E-state index in [-0.39, 0.29) is 23.6 Å². The number of nitrogens with zero attached hydrogens (tertiary/aromatic N) is 2. The highest BCUT2D eigenvalue weighted by Crippen LogP contribution is 2.31. The fraction of sp³-hybridized carbons (Fsp3) is 0.321. The number of amides is 2. The fourth-order valence-corrected chi connectivity index (χ4v) is 4.45. The van der Waals surface area contributed by atoms with Gasteiger partial charge in [-0.2, -0.15) is 0 Å². The summed E-state index contributed by atoms with van der Waals surface area (Å²) in [6.45, 7) is 2.47. The molecule has 1 aliphatic rings. The molecule has 0 bridgehead atoms. The summed E-state index contributed by atoms with van der Waals surface area (Å²) in [5, 5.41) is 3.23. The van der Waals surface area contributed by atoms with Crippen LogP contribution in [-0.2, 0) is 4.79 Å². The van der Waals surface area contributed by atoms with Crippen LogP contribution >= 0.6 is 0 Å². The number of pyridine rings is 1. The Morgan fingerprint density at radius 2 is 1.68 bits per heavy atom. The van der Waals surface area contributed by atoms with Crippen molar-refractivity contribution in [2.24, 2.45) is 0 Å². The molecule has 4 rings (SSSR count). The van der Waals surface area contributed by atoms with Gasteiger partial charge in [-0.25, -0.2) is 0 Å². The lowest BCUT2D eigenvalue weighted by molar-refractivity contribution is -0.123. The van der Waals surface area contributed by atoms with E-state index < -0.39 is 6.04 Å². The molecule has 6 heteroatoms. The van der Waals surface area contributed by atoms with Crippen LogP contribution in [0.15, 0.2) is 79.0 Å². The first-order valence-electron chi connectivity index (χ1n) is 12.0. The quantitative estimate of drug-likeness (QED) is 0.497. The van der Waals surface area contributed by atoms with Gasteiger partial charge in [0.05, 0.1) is 6.61 Å². The number of anilines is 1. The molecule has 0 saturated heterocycles. The Morgan fingerprint density at radius 3 is 2.32 bits per heavy atom. The van der Waals surface area contributed by atoms with Crippen LogP contribution in [0.1, 0.15) is 61.1 Å². The van der Waals surface area contributed by atoms with Gasteiger partial charge < -0.3 is 10.1 Å². The molecule has 0 aliphatic heterocycles. The number of carbonyl (C=O) groups is 2. The van der Waals surface area contributed by atoms with Gasteiger partial charge in [0.1, 0.15) is 17.5 Å². The number of carbonyl (C=O) groups excluding carboxylic acids is 2. The molecule has 1 fully saturated rings. The third-order valence-corrected chi connectivity index (χ3v) is 6.10. The lowest BCUT2D eigenvalue weighted by Crippen LogP contribution is -2.47. The summed E-state index contributed by atoms with van der Waals surface area (Å²) in [5.74, 6) is 0.188. The maximum absolute atomic E-state index is 13.8. The largest absolute Gasteiger partial charge is 0.494 e. The number of benzene rings is 2. The van der Waals surface area contributed by atoms with Crippen molar-refractivity contribution in [3.05, 3.63) is 90.3 Å². The van der Waals surface area contributed by atoms with E-state index in [0.29, 0.717) is 18.0 Å². The number of nitrogens with one attached hydrogen (secondary N) is 1. The van der Waals surface area contributed by atoms with E-state index in [2.05, 4.69) is 10.3 Å². The van der Waals surface area contributed by atoms with Crippen LogP contribution in [-0.4, -0.2) is 29.4 Å². The zero-order valence-corrected chi connectivity index (χ0v) is 19.5. The van der Waals surface area contributed by atoms with Gasteiger partial charge in [-0.1, -0.05) is 55.7 Å². The summed E-state index contributed by atoms with van der Waals surface area (Å²) in [6, 6.07) is 21.2. The van der Waals surface area contributed by atoms with Crippen molar-refractivity contribution in [2.75, 3.05) is 11.5 Å². The van der Waals surface area contributed by atoms with Crippen molar-refractivity contribution in [2.45, 2.75) is 51.1 Å². The Bertz CT molecular complexity index is 1070. The summed E-state index contributed by atoms with van der Waals surface area (Å²) in [6.07, 6.45) is 6.93. The number of hydrogen-bond donors (Lipinski definition) is 1. The van der Waals surface area contributed by atoms with Gasteiger partial charge in [0, 0.05) is 17.9 Å². The van der Waals surface area contributed by atoms with Crippen molar-refractivity contribution in [1.82, 2.24) is 10.3 Å². The molecular formula is C28H31N3O3. The highest BCUT2D eigenvalue weighted by atomic mass is 16.5. The summed E-state index contributed by atoms with van der Waals surface area (Å²) >= 11 is 0. The van der Waals surface area contributed by atoms with E-state index in [1.165, 1.54) is 6.42 Å². The molecule has 1 saturated carbocycles. The smallest absolute Gasteiger partial charge is 0.277 e. The third-order valence-electron chi connectivity index (χ3n) is 6.10. The third kappa shape index (κ3) is 5.63. The number of hydrogen-bond acceptors (Lipinski definition) is 4. The molecule has 34 heavy (non-hydrogen) atoms. The van der Waals surface area contributed by atoms with Crippen LogP contribution in [0.25, 0.3) is 0 Å². The number of aromatic nitrogens is 1. The molecule has 2 amide bonds. The Balaban J connectivity index is 1.76. The summed E-state index contributed by atoms with van der Waals surface area (Å²) in [5.41, 5.74) is 1.63. The zero-order valence-electron chi connectivity index (χ0n) is 19.5. The molecule has 1 unspecified atom stereocenters. The second-order valence-corrected chi connectivity index (χ2v) is 8.47. The van der Waals surface area contributed by atoms with Crippen LogP contribution in [0.2, 0.25) is 0 Å². The number of ether oxygens (including phenoxy) is 1. The van der Waals surface area contributed by atoms with Crippen molar-refractivity contribution in [3.63, 3.8) is 0 Å². The van der Waals surface area contributed by atoms with Crippen molar-refractivity contribution >= 4 is 17.5 Å². The minimum atomic E-state index is -0.837. The molecule has 1 atom stereocenters. The van der Waals surface area contributed by atoms with E-state index in [1.807, 2.05) is 61.5 Å². The molecule has 3 aromatic rings. The SMILES string of the molecule is CCOc1ccc(N(C(=O)c2ccccn2)C(C(=O)NC2CCCCC2)c2ccccc2)cc1. The number of rotatable bonds is 8. The van der Waals surface area contributed by atoms with Crippen LogP contribution in [0, 0.1) is 0 Å². The van der Waals surface area contributed by atoms with Gasteiger partial charge in [-0.3, -0.25) is 19.5 Å². The van der Waals surface area contributed by atoms with Crippen LogP contribution in [0.3, 0.4) is 0 Å². The molecule has 1 aliphatic carbocycles. The highest BCUT2D eigenvalue weighted by molar-refractivity contribution is 6.09. The summed E-state index contributed by atoms with van der Waals surface area (Å²) < 4.78 is 5.58. The average molecular weight is 458 g/mol. The minimum absolute atomic E-state index is 0.125. The predicted molar refractivity (Wildman–Crippen MR) is 133 cm³/mol. The van der Waals surface area contributed by atoms with Gasteiger partial charge in [-0.15, -0.1) is 0 Å². The van der Waals surface area contributed by atoms with Gasteiger partial charge in [0.25, 0.3) is 5.91 Å². The molecule has 0 spiro atoms. The monoisotopic (exact) mass is 457 g/mol. The maximum atomic E-state index is 13.8. The van der Waals surface area contributed by atoms with E-state index in [4.69, 9.17) is 4.74 Å². The van der Waals surface area contributed by atoms with Gasteiger partial charge >= 0.3 is 0 Å². The maximum Gasteiger partial charge on any atom is 0.277 e. The van der Waals surface area contributed by atoms with Crippen molar-refractivity contribution in [1.29, 1.82) is 0 Å². The molecule has 2 aromatic carbocycles. The Labute approximate surface area is 201 Å². The molecule has 1 N–H and O–H groups in total. The Morgan fingerprint density at radius 1 is 0.971 bits per heavy atom. The van der Waals surface area contributed by atoms with E-state index in [0.717, 1.165) is 31.2 Å². The predicted octanol–water partition coefficient (Wildman–Crippen LogP) is 5.32. The van der Waals surface area contributed by atoms with Crippen molar-refractivity contribution < 1.29 is 14.3 Å². The standard InChI is InChI=1S/C28H31N3O3/c1-2-34-24-18-16-23(17-19-24)31(28(33)25-15-9-10-20-29-25)26(21-11-5-3-6-12-21)27(32)30-22-13-7-4-8-14-22/h3,5-6,9-12,15-20,22,26H,2,4,7-8,13-14H2,1H3,(H,30,32). The Kier molecular flexibility index (Phi) is 7.91. The lowest BCUT2D eigenvalue weighted by Gasteiger charge is -2.33. The van der Waals surface area contributed by atoms with Crippen LogP contribution in [0.4, 0.5) is 5.69 Å². The first-order chi connectivity index (χ1) is 16.7. The molecule has 0 radical (unpaired) electrons. The van der Waals surface area contributed by atoms with Gasteiger partial charge in [-0.05, 0) is 61.7 Å². The van der Waals surface area contributed by atoms with Crippen molar-refractivity contribution in [3.8, 4) is 5.75 Å². The molecule has 1 heterocycles. The molecular weight excluding hydrogens is 426 g/mol. The van der Waals surface area contributed by atoms with Crippen LogP contribution in [0.5, 0.6) is 5.75 Å². The van der Waals surface area contributed by atoms with E-state index >= 15 is 0 Å². The zero-order chi connectivity index (χ0) is 23.8. The minimum Gasteiger partial charge on any atom is -0.494 e. The first kappa shape index (κ1) is 23.5. The van der Waals surface area contributed by atoms with E-state index in [1.54, 1.807) is 29.3 Å². The fourth-order valence-electron chi connectivity index (χ4n) is 4.45. The molecule has 176 valence electrons. The summed E-state index contributed by atoms with van der Waals surface area (Å²) in [4.78, 5) is 33.4.